The van der Waals surface area contributed by atoms with Crippen LogP contribution in [-0.4, -0.2) is 43.7 Å². The lowest BCUT2D eigenvalue weighted by Gasteiger charge is -2.39. The Kier molecular flexibility index (Phi) is 5.22. The first kappa shape index (κ1) is 14.8. The lowest BCUT2D eigenvalue weighted by atomic mass is 9.77. The first-order valence-electron chi connectivity index (χ1n) is 7.66. The smallest absolute Gasteiger partial charge is 0.227 e. The predicted molar refractivity (Wildman–Crippen MR) is 75.7 cm³/mol. The van der Waals surface area contributed by atoms with E-state index in [-0.39, 0.29) is 12.0 Å². The molecule has 4 heteroatoms. The number of methoxy groups -OCH3 is 1. The van der Waals surface area contributed by atoms with Crippen molar-refractivity contribution < 1.29 is 9.53 Å². The molecule has 2 aliphatic rings. The number of piperidine rings is 1. The van der Waals surface area contributed by atoms with E-state index in [1.807, 2.05) is 4.90 Å². The Morgan fingerprint density at radius 1 is 1.32 bits per heavy atom. The average Bonchev–Trinajstić information content (AvgIpc) is 2.42. The molecule has 4 unspecified atom stereocenters. The third kappa shape index (κ3) is 3.48. The van der Waals surface area contributed by atoms with Gasteiger partial charge in [0, 0.05) is 26.2 Å². The molecule has 0 aromatic heterocycles. The van der Waals surface area contributed by atoms with Gasteiger partial charge in [0.05, 0.1) is 12.5 Å². The molecule has 4 nitrogen and oxygen atoms in total. The van der Waals surface area contributed by atoms with E-state index < -0.39 is 0 Å². The summed E-state index contributed by atoms with van der Waals surface area (Å²) in [6.07, 6.45) is 5.54. The number of ether oxygens (including phenoxy) is 1. The molecule has 4 atom stereocenters. The maximum Gasteiger partial charge on any atom is 0.227 e. The van der Waals surface area contributed by atoms with Gasteiger partial charge in [0.25, 0.3) is 0 Å². The molecule has 1 heterocycles. The van der Waals surface area contributed by atoms with Crippen molar-refractivity contribution in [3.63, 3.8) is 0 Å². The molecule has 0 aromatic carbocycles. The molecule has 1 saturated carbocycles. The van der Waals surface area contributed by atoms with Crippen molar-refractivity contribution in [2.75, 3.05) is 26.8 Å². The highest BCUT2D eigenvalue weighted by Crippen LogP contribution is 2.30. The minimum Gasteiger partial charge on any atom is -0.384 e. The lowest BCUT2D eigenvalue weighted by Crippen LogP contribution is -2.51. The van der Waals surface area contributed by atoms with Crippen molar-refractivity contribution in [3.05, 3.63) is 0 Å². The minimum atomic E-state index is 0.0454. The molecule has 1 saturated heterocycles. The van der Waals surface area contributed by atoms with Crippen LogP contribution >= 0.6 is 0 Å². The van der Waals surface area contributed by atoms with Gasteiger partial charge < -0.3 is 15.4 Å². The number of hydrogen-bond donors (Lipinski definition) is 1. The third-order valence-corrected chi connectivity index (χ3v) is 4.85. The van der Waals surface area contributed by atoms with Crippen molar-refractivity contribution in [1.29, 1.82) is 0 Å². The van der Waals surface area contributed by atoms with Gasteiger partial charge in [-0.2, -0.15) is 0 Å². The molecular weight excluding hydrogens is 240 g/mol. The first-order chi connectivity index (χ1) is 9.13. The topological polar surface area (TPSA) is 55.6 Å². The second-order valence-electron chi connectivity index (χ2n) is 6.34. The Morgan fingerprint density at radius 3 is 2.84 bits per heavy atom. The molecule has 19 heavy (non-hydrogen) atoms. The van der Waals surface area contributed by atoms with Crippen molar-refractivity contribution in [1.82, 2.24) is 4.90 Å². The molecule has 0 bridgehead atoms. The average molecular weight is 268 g/mol. The summed E-state index contributed by atoms with van der Waals surface area (Å²) >= 11 is 0. The molecular formula is C15H28N2O2. The Hall–Kier alpha value is -0.610. The van der Waals surface area contributed by atoms with Crippen molar-refractivity contribution in [3.8, 4) is 0 Å². The quantitative estimate of drug-likeness (QED) is 0.846. The molecule has 2 fully saturated rings. The first-order valence-corrected chi connectivity index (χ1v) is 7.66. The molecule has 110 valence electrons. The fraction of sp³-hybridized carbons (Fsp3) is 0.933. The fourth-order valence-electron chi connectivity index (χ4n) is 3.60. The summed E-state index contributed by atoms with van der Waals surface area (Å²) in [6, 6.07) is 0.0454. The van der Waals surface area contributed by atoms with Crippen molar-refractivity contribution >= 4 is 5.91 Å². The van der Waals surface area contributed by atoms with Crippen molar-refractivity contribution in [2.45, 2.75) is 45.1 Å². The number of nitrogens with zero attached hydrogens (tertiary/aromatic N) is 1. The van der Waals surface area contributed by atoms with Crippen LogP contribution in [0, 0.1) is 17.8 Å². The minimum absolute atomic E-state index is 0.0454. The van der Waals surface area contributed by atoms with E-state index in [9.17, 15) is 4.79 Å². The van der Waals surface area contributed by atoms with Crippen LogP contribution in [0.15, 0.2) is 0 Å². The zero-order chi connectivity index (χ0) is 13.8. The molecule has 2 rings (SSSR count). The summed E-state index contributed by atoms with van der Waals surface area (Å²) < 4.78 is 5.23. The molecule has 0 aromatic rings. The van der Waals surface area contributed by atoms with Crippen LogP contribution in [0.4, 0.5) is 0 Å². The monoisotopic (exact) mass is 268 g/mol. The van der Waals surface area contributed by atoms with Gasteiger partial charge in [-0.15, -0.1) is 0 Å². The summed E-state index contributed by atoms with van der Waals surface area (Å²) in [4.78, 5) is 14.7. The normalized spacial score (nSPS) is 36.3. The van der Waals surface area contributed by atoms with Gasteiger partial charge in [0.1, 0.15) is 0 Å². The molecule has 0 spiro atoms. The van der Waals surface area contributed by atoms with E-state index >= 15 is 0 Å². The number of carbonyl (C=O) groups excluding carboxylic acids is 1. The van der Waals surface area contributed by atoms with Gasteiger partial charge in [0.2, 0.25) is 5.91 Å². The van der Waals surface area contributed by atoms with E-state index in [1.54, 1.807) is 7.11 Å². The van der Waals surface area contributed by atoms with Crippen LogP contribution in [0.25, 0.3) is 0 Å². The number of carbonyl (C=O) groups is 1. The van der Waals surface area contributed by atoms with Gasteiger partial charge >= 0.3 is 0 Å². The largest absolute Gasteiger partial charge is 0.384 e. The SMILES string of the molecule is COCC1CCCN(C(=O)C2CCCC(C)C2N)C1. The maximum atomic E-state index is 12.7. The van der Waals surface area contributed by atoms with Crippen molar-refractivity contribution in [2.24, 2.45) is 23.5 Å². The zero-order valence-electron chi connectivity index (χ0n) is 12.3. The predicted octanol–water partition coefficient (Wildman–Crippen LogP) is 1.63. The summed E-state index contributed by atoms with van der Waals surface area (Å²) in [6.45, 7) is 4.69. The molecule has 1 aliphatic heterocycles. The highest BCUT2D eigenvalue weighted by Gasteiger charge is 2.36. The molecule has 0 radical (unpaired) electrons. The summed E-state index contributed by atoms with van der Waals surface area (Å²) in [5.74, 6) is 1.31. The number of amides is 1. The maximum absolute atomic E-state index is 12.7. The second kappa shape index (κ2) is 6.71. The molecule has 2 N–H and O–H groups in total. The number of nitrogens with two attached hydrogens (primary N) is 1. The van der Waals surface area contributed by atoms with Gasteiger partial charge in [0.15, 0.2) is 0 Å². The standard InChI is InChI=1S/C15H28N2O2/c1-11-5-3-7-13(14(11)16)15(18)17-8-4-6-12(9-17)10-19-2/h11-14H,3-10,16H2,1-2H3. The Morgan fingerprint density at radius 2 is 2.11 bits per heavy atom. The molecule has 1 aliphatic carbocycles. The highest BCUT2D eigenvalue weighted by atomic mass is 16.5. The summed E-state index contributed by atoms with van der Waals surface area (Å²) in [7, 11) is 1.74. The fourth-order valence-corrected chi connectivity index (χ4v) is 3.60. The van der Waals surface area contributed by atoms with Gasteiger partial charge in [-0.05, 0) is 37.5 Å². The highest BCUT2D eigenvalue weighted by molar-refractivity contribution is 5.79. The van der Waals surface area contributed by atoms with Gasteiger partial charge in [-0.25, -0.2) is 0 Å². The Bertz CT molecular complexity index is 307. The van der Waals surface area contributed by atoms with Gasteiger partial charge in [-0.3, -0.25) is 4.79 Å². The van der Waals surface area contributed by atoms with Crippen LogP contribution in [0.1, 0.15) is 39.0 Å². The number of likely N-dealkylation sites (tertiary alicyclic amines) is 1. The van der Waals surface area contributed by atoms with Crippen LogP contribution in [-0.2, 0) is 9.53 Å². The van der Waals surface area contributed by atoms with E-state index in [1.165, 1.54) is 6.42 Å². The third-order valence-electron chi connectivity index (χ3n) is 4.85. The Balaban J connectivity index is 1.94. The van der Waals surface area contributed by atoms with Crippen LogP contribution in [0.3, 0.4) is 0 Å². The van der Waals surface area contributed by atoms with Gasteiger partial charge in [-0.1, -0.05) is 13.3 Å². The van der Waals surface area contributed by atoms with E-state index in [2.05, 4.69) is 6.92 Å². The van der Waals surface area contributed by atoms with E-state index in [0.717, 1.165) is 45.4 Å². The second-order valence-corrected chi connectivity index (χ2v) is 6.34. The lowest BCUT2D eigenvalue weighted by molar-refractivity contribution is -0.140. The van der Waals surface area contributed by atoms with Crippen LogP contribution in [0.2, 0.25) is 0 Å². The van der Waals surface area contributed by atoms with Crippen LogP contribution < -0.4 is 5.73 Å². The van der Waals surface area contributed by atoms with E-state index in [0.29, 0.717) is 17.7 Å². The molecule has 1 amide bonds. The Labute approximate surface area is 116 Å². The zero-order valence-corrected chi connectivity index (χ0v) is 12.3. The summed E-state index contributed by atoms with van der Waals surface area (Å²) in [5, 5.41) is 0. The summed E-state index contributed by atoms with van der Waals surface area (Å²) in [5.41, 5.74) is 6.25. The number of rotatable bonds is 3. The van der Waals surface area contributed by atoms with E-state index in [4.69, 9.17) is 10.5 Å². The van der Waals surface area contributed by atoms with Crippen LogP contribution in [0.5, 0.6) is 0 Å². The number of hydrogen-bond acceptors (Lipinski definition) is 3.